The molecular formula is C14H11ClN2O5S. The van der Waals surface area contributed by atoms with Crippen molar-refractivity contribution in [2.75, 3.05) is 0 Å². The van der Waals surface area contributed by atoms with Crippen molar-refractivity contribution in [3.05, 3.63) is 45.5 Å². The highest BCUT2D eigenvalue weighted by molar-refractivity contribution is 8.14. The molecule has 7 nitrogen and oxygen atoms in total. The molecule has 1 aliphatic rings. The average molecular weight is 355 g/mol. The number of nitrogens with zero attached hydrogens (tertiary/aromatic N) is 2. The van der Waals surface area contributed by atoms with Crippen LogP contribution in [0.15, 0.2) is 29.2 Å². The van der Waals surface area contributed by atoms with Gasteiger partial charge in [-0.25, -0.2) is 8.42 Å². The number of hydrogen-bond acceptors (Lipinski definition) is 5. The number of carbonyl (C=O) groups excluding carboxylic acids is 1. The summed E-state index contributed by atoms with van der Waals surface area (Å²) in [6.45, 7) is 1.96. The highest BCUT2D eigenvalue weighted by atomic mass is 35.7. The van der Waals surface area contributed by atoms with Crippen molar-refractivity contribution in [3.63, 3.8) is 0 Å². The van der Waals surface area contributed by atoms with Crippen molar-refractivity contribution < 1.29 is 18.1 Å². The van der Waals surface area contributed by atoms with Gasteiger partial charge < -0.3 is 4.90 Å². The lowest BCUT2D eigenvalue weighted by Crippen LogP contribution is -2.21. The van der Waals surface area contributed by atoms with Crippen molar-refractivity contribution in [2.24, 2.45) is 0 Å². The quantitative estimate of drug-likeness (QED) is 0.469. The van der Waals surface area contributed by atoms with Gasteiger partial charge in [0.2, 0.25) is 5.91 Å². The maximum Gasteiger partial charge on any atom is 0.278 e. The Labute approximate surface area is 136 Å². The molecule has 2 aromatic rings. The third-order valence-electron chi connectivity index (χ3n) is 3.92. The molecule has 120 valence electrons. The Morgan fingerprint density at radius 2 is 2.04 bits per heavy atom. The minimum atomic E-state index is -4.15. The smallest absolute Gasteiger partial charge is 0.278 e. The first kappa shape index (κ1) is 15.7. The van der Waals surface area contributed by atoms with E-state index in [0.717, 1.165) is 0 Å². The molecule has 0 N–H and O–H groups in total. The largest absolute Gasteiger partial charge is 0.334 e. The summed E-state index contributed by atoms with van der Waals surface area (Å²) in [6, 6.07) is 5.66. The van der Waals surface area contributed by atoms with Crippen LogP contribution in [0.1, 0.15) is 18.1 Å². The third-order valence-corrected chi connectivity index (χ3v) is 5.29. The van der Waals surface area contributed by atoms with Gasteiger partial charge >= 0.3 is 0 Å². The molecule has 1 aliphatic heterocycles. The molecule has 23 heavy (non-hydrogen) atoms. The monoisotopic (exact) mass is 354 g/mol. The third kappa shape index (κ3) is 2.53. The van der Waals surface area contributed by atoms with E-state index in [2.05, 4.69) is 0 Å². The minimum Gasteiger partial charge on any atom is -0.334 e. The number of non-ortho nitro benzene ring substituents is 1. The molecule has 9 heteroatoms. The van der Waals surface area contributed by atoms with Crippen LogP contribution < -0.4 is 0 Å². The fourth-order valence-corrected chi connectivity index (χ4v) is 3.98. The predicted molar refractivity (Wildman–Crippen MR) is 83.6 cm³/mol. The summed E-state index contributed by atoms with van der Waals surface area (Å²) < 4.78 is 23.5. The normalized spacial score (nSPS) is 14.1. The zero-order chi connectivity index (χ0) is 16.9. The first-order chi connectivity index (χ1) is 10.7. The fraction of sp³-hybridized carbons (Fsp3) is 0.214. The number of benzene rings is 2. The highest BCUT2D eigenvalue weighted by Gasteiger charge is 2.30. The van der Waals surface area contributed by atoms with Gasteiger partial charge in [-0.05, 0) is 22.6 Å². The molecule has 0 saturated heterocycles. The van der Waals surface area contributed by atoms with E-state index in [1.165, 1.54) is 30.0 Å². The maximum absolute atomic E-state index is 11.8. The van der Waals surface area contributed by atoms with Gasteiger partial charge in [0.15, 0.2) is 0 Å². The van der Waals surface area contributed by atoms with Crippen LogP contribution in [-0.2, 0) is 26.9 Å². The Balaban J connectivity index is 2.42. The van der Waals surface area contributed by atoms with Gasteiger partial charge in [0.05, 0.1) is 15.2 Å². The van der Waals surface area contributed by atoms with E-state index in [1.807, 2.05) is 0 Å². The maximum atomic E-state index is 11.8. The molecule has 0 aromatic heterocycles. The van der Waals surface area contributed by atoms with E-state index in [4.69, 9.17) is 10.7 Å². The number of fused-ring (bicyclic) bond motifs is 3. The van der Waals surface area contributed by atoms with Crippen molar-refractivity contribution in [2.45, 2.75) is 24.9 Å². The molecule has 1 amide bonds. The molecule has 0 saturated carbocycles. The molecule has 0 fully saturated rings. The lowest BCUT2D eigenvalue weighted by Gasteiger charge is -2.11. The number of nitro benzene ring substituents is 1. The second-order valence-electron chi connectivity index (χ2n) is 5.28. The molecule has 0 bridgehead atoms. The Hall–Kier alpha value is -2.19. The van der Waals surface area contributed by atoms with Crippen LogP contribution >= 0.6 is 10.7 Å². The van der Waals surface area contributed by atoms with Gasteiger partial charge in [-0.3, -0.25) is 14.9 Å². The molecule has 0 spiro atoms. The lowest BCUT2D eigenvalue weighted by atomic mass is 9.99. The number of nitro groups is 1. The van der Waals surface area contributed by atoms with E-state index < -0.39 is 14.0 Å². The van der Waals surface area contributed by atoms with Crippen LogP contribution in [0.4, 0.5) is 5.69 Å². The lowest BCUT2D eigenvalue weighted by molar-refractivity contribution is -0.383. The van der Waals surface area contributed by atoms with E-state index >= 15 is 0 Å². The first-order valence-electron chi connectivity index (χ1n) is 6.62. The standard InChI is InChI=1S/C14H11ClN2O5S/c1-8(18)16-6-9-5-12(17(19)20)14-10(11(9)7-16)3-2-4-13(14)23(15,21)22/h2-5H,6-7H2,1H3. The minimum absolute atomic E-state index is 0.0170. The van der Waals surface area contributed by atoms with Crippen molar-refractivity contribution in [1.29, 1.82) is 0 Å². The van der Waals surface area contributed by atoms with Gasteiger partial charge in [-0.15, -0.1) is 0 Å². The molecule has 0 radical (unpaired) electrons. The summed E-state index contributed by atoms with van der Waals surface area (Å²) in [5.74, 6) is -0.155. The summed E-state index contributed by atoms with van der Waals surface area (Å²) in [5.41, 5.74) is 1.02. The van der Waals surface area contributed by atoms with Gasteiger partial charge in [0.1, 0.15) is 0 Å². The zero-order valence-corrected chi connectivity index (χ0v) is 13.5. The second kappa shape index (κ2) is 5.17. The molecule has 3 rings (SSSR count). The molecule has 2 aromatic carbocycles. The van der Waals surface area contributed by atoms with Crippen LogP contribution in [0.5, 0.6) is 0 Å². The SMILES string of the molecule is CC(=O)N1Cc2cc([N+](=O)[O-])c3c(S(=O)(=O)Cl)cccc3c2C1. The summed E-state index contributed by atoms with van der Waals surface area (Å²) in [7, 11) is 1.28. The van der Waals surface area contributed by atoms with Crippen LogP contribution in [0.25, 0.3) is 10.8 Å². The Morgan fingerprint density at radius 1 is 1.35 bits per heavy atom. The Bertz CT molecular complexity index is 971. The number of hydrogen-bond donors (Lipinski definition) is 0. The van der Waals surface area contributed by atoms with E-state index in [0.29, 0.717) is 16.5 Å². The summed E-state index contributed by atoms with van der Waals surface area (Å²) in [4.78, 5) is 23.6. The van der Waals surface area contributed by atoms with Gasteiger partial charge in [0, 0.05) is 36.8 Å². The van der Waals surface area contributed by atoms with Crippen LogP contribution in [-0.4, -0.2) is 24.1 Å². The number of amides is 1. The van der Waals surface area contributed by atoms with E-state index in [9.17, 15) is 23.3 Å². The second-order valence-corrected chi connectivity index (χ2v) is 7.82. The average Bonchev–Trinajstić information content (AvgIpc) is 2.89. The Morgan fingerprint density at radius 3 is 2.61 bits per heavy atom. The zero-order valence-electron chi connectivity index (χ0n) is 11.9. The summed E-state index contributed by atoms with van der Waals surface area (Å²) in [6.07, 6.45) is 0. The Kier molecular flexibility index (Phi) is 3.53. The van der Waals surface area contributed by atoms with Crippen LogP contribution in [0, 0.1) is 10.1 Å². The summed E-state index contributed by atoms with van der Waals surface area (Å²) in [5, 5.41) is 11.8. The van der Waals surface area contributed by atoms with Crippen LogP contribution in [0.2, 0.25) is 0 Å². The van der Waals surface area contributed by atoms with Gasteiger partial charge in [0.25, 0.3) is 14.7 Å². The molecule has 1 heterocycles. The van der Waals surface area contributed by atoms with Crippen molar-refractivity contribution in [3.8, 4) is 0 Å². The number of carbonyl (C=O) groups is 1. The van der Waals surface area contributed by atoms with Crippen molar-refractivity contribution in [1.82, 2.24) is 4.90 Å². The molecule has 0 aliphatic carbocycles. The molecule has 0 unspecified atom stereocenters. The van der Waals surface area contributed by atoms with Crippen molar-refractivity contribution >= 4 is 42.1 Å². The van der Waals surface area contributed by atoms with E-state index in [1.54, 1.807) is 6.07 Å². The first-order valence-corrected chi connectivity index (χ1v) is 8.93. The topological polar surface area (TPSA) is 97.6 Å². The number of rotatable bonds is 2. The fourth-order valence-electron chi connectivity index (χ4n) is 2.89. The van der Waals surface area contributed by atoms with E-state index in [-0.39, 0.29) is 35.0 Å². The highest BCUT2D eigenvalue weighted by Crippen LogP contribution is 2.40. The predicted octanol–water partition coefficient (Wildman–Crippen LogP) is 2.54. The number of halogens is 1. The molecular weight excluding hydrogens is 344 g/mol. The van der Waals surface area contributed by atoms with Gasteiger partial charge in [-0.2, -0.15) is 0 Å². The summed E-state index contributed by atoms with van der Waals surface area (Å²) >= 11 is 0. The van der Waals surface area contributed by atoms with Crippen LogP contribution in [0.3, 0.4) is 0 Å². The van der Waals surface area contributed by atoms with Gasteiger partial charge in [-0.1, -0.05) is 12.1 Å². The molecule has 0 atom stereocenters.